The fourth-order valence-corrected chi connectivity index (χ4v) is 5.42. The van der Waals surface area contributed by atoms with Crippen LogP contribution in [-0.2, 0) is 21.3 Å². The molecular weight excluding hydrogens is 319 g/mol. The van der Waals surface area contributed by atoms with E-state index in [-0.39, 0.29) is 17.4 Å². The van der Waals surface area contributed by atoms with Crippen LogP contribution in [0, 0.1) is 0 Å². The monoisotopic (exact) mass is 332 g/mol. The van der Waals surface area contributed by atoms with Crippen LogP contribution in [0.25, 0.3) is 11.0 Å². The van der Waals surface area contributed by atoms with E-state index in [1.807, 2.05) is 23.6 Å². The van der Waals surface area contributed by atoms with Crippen LogP contribution in [0.15, 0.2) is 18.2 Å². The summed E-state index contributed by atoms with van der Waals surface area (Å²) in [6, 6.07) is 5.42. The first kappa shape index (κ1) is 14.2. The van der Waals surface area contributed by atoms with E-state index in [1.165, 1.54) is 0 Å². The summed E-state index contributed by atoms with van der Waals surface area (Å²) in [5, 5.41) is 0.601. The molecule has 0 bridgehead atoms. The number of hydrogen-bond donors (Lipinski definition) is 0. The van der Waals surface area contributed by atoms with E-state index in [0.29, 0.717) is 17.3 Å². The Morgan fingerprint density at radius 3 is 2.80 bits per heavy atom. The van der Waals surface area contributed by atoms with E-state index in [1.54, 1.807) is 6.07 Å². The maximum absolute atomic E-state index is 11.9. The molecule has 0 amide bonds. The van der Waals surface area contributed by atoms with E-state index in [2.05, 4.69) is 4.98 Å². The van der Waals surface area contributed by atoms with Crippen molar-refractivity contribution in [3.8, 4) is 0 Å². The third-order valence-corrected chi connectivity index (χ3v) is 6.19. The van der Waals surface area contributed by atoms with Gasteiger partial charge in [-0.25, -0.2) is 13.4 Å². The van der Waals surface area contributed by atoms with Gasteiger partial charge in [-0.15, -0.1) is 11.6 Å². The largest absolute Gasteiger partial charge is 0.320 e. The predicted molar refractivity (Wildman–Crippen MR) is 81.2 cm³/mol. The average molecular weight is 333 g/mol. The van der Waals surface area contributed by atoms with Crippen molar-refractivity contribution in [2.75, 3.05) is 11.5 Å². The van der Waals surface area contributed by atoms with Crippen LogP contribution in [0.4, 0.5) is 0 Å². The van der Waals surface area contributed by atoms with Gasteiger partial charge in [-0.3, -0.25) is 0 Å². The van der Waals surface area contributed by atoms with Gasteiger partial charge >= 0.3 is 0 Å². The van der Waals surface area contributed by atoms with Gasteiger partial charge in [-0.1, -0.05) is 11.6 Å². The molecule has 0 aliphatic carbocycles. The summed E-state index contributed by atoms with van der Waals surface area (Å²) in [5.41, 5.74) is 1.12. The van der Waals surface area contributed by atoms with Gasteiger partial charge in [0.05, 0.1) is 34.0 Å². The number of benzene rings is 1. The van der Waals surface area contributed by atoms with Crippen LogP contribution >= 0.6 is 23.2 Å². The third-order valence-electron chi connectivity index (χ3n) is 3.83. The lowest BCUT2D eigenvalue weighted by molar-refractivity contribution is 0.367. The topological polar surface area (TPSA) is 52.0 Å². The molecule has 1 fully saturated rings. The Balaban J connectivity index is 2.27. The molecule has 0 spiro atoms. The van der Waals surface area contributed by atoms with Crippen LogP contribution in [0.1, 0.15) is 19.2 Å². The van der Waals surface area contributed by atoms with Crippen molar-refractivity contribution in [2.24, 2.45) is 0 Å². The number of nitrogens with zero attached hydrogens (tertiary/aromatic N) is 2. The Labute approximate surface area is 127 Å². The summed E-state index contributed by atoms with van der Waals surface area (Å²) in [7, 11) is -3.01. The molecule has 0 N–H and O–H groups in total. The van der Waals surface area contributed by atoms with E-state index in [9.17, 15) is 8.42 Å². The van der Waals surface area contributed by atoms with E-state index in [4.69, 9.17) is 23.2 Å². The number of imidazole rings is 1. The van der Waals surface area contributed by atoms with Gasteiger partial charge in [0.2, 0.25) is 0 Å². The second kappa shape index (κ2) is 4.61. The average Bonchev–Trinajstić information content (AvgIpc) is 2.87. The molecule has 108 valence electrons. The summed E-state index contributed by atoms with van der Waals surface area (Å²) in [4.78, 5) is 4.49. The van der Waals surface area contributed by atoms with E-state index < -0.39 is 15.4 Å². The maximum Gasteiger partial charge on any atom is 0.152 e. The first-order chi connectivity index (χ1) is 9.35. The molecule has 3 rings (SSSR count). The second-order valence-corrected chi connectivity index (χ2v) is 8.36. The summed E-state index contributed by atoms with van der Waals surface area (Å²) < 4.78 is 25.7. The predicted octanol–water partition coefficient (Wildman–Crippen LogP) is 2.96. The molecule has 1 aromatic heterocycles. The summed E-state index contributed by atoms with van der Waals surface area (Å²) >= 11 is 12.0. The van der Waals surface area contributed by atoms with Gasteiger partial charge in [-0.05, 0) is 31.5 Å². The highest BCUT2D eigenvalue weighted by Crippen LogP contribution is 2.36. The maximum atomic E-state index is 11.9. The zero-order valence-corrected chi connectivity index (χ0v) is 13.3. The zero-order chi connectivity index (χ0) is 14.5. The fourth-order valence-electron chi connectivity index (χ4n) is 2.96. The van der Waals surface area contributed by atoms with Gasteiger partial charge in [0.15, 0.2) is 9.84 Å². The Bertz CT molecular complexity index is 785. The summed E-state index contributed by atoms with van der Waals surface area (Å²) in [6.07, 6.45) is 0.567. The van der Waals surface area contributed by atoms with Crippen LogP contribution in [-0.4, -0.2) is 29.5 Å². The number of rotatable bonds is 2. The van der Waals surface area contributed by atoms with Gasteiger partial charge in [0.25, 0.3) is 0 Å². The Hall–Kier alpha value is -0.780. The molecule has 1 unspecified atom stereocenters. The minimum Gasteiger partial charge on any atom is -0.320 e. The molecule has 1 saturated heterocycles. The van der Waals surface area contributed by atoms with Gasteiger partial charge in [0, 0.05) is 5.02 Å². The van der Waals surface area contributed by atoms with Crippen LogP contribution in [0.2, 0.25) is 5.02 Å². The van der Waals surface area contributed by atoms with E-state index >= 15 is 0 Å². The number of halogens is 2. The molecule has 1 aliphatic rings. The molecular formula is C13H14Cl2N2O2S. The molecule has 1 aliphatic heterocycles. The highest BCUT2D eigenvalue weighted by Gasteiger charge is 2.41. The molecule has 2 aromatic rings. The van der Waals surface area contributed by atoms with Crippen molar-refractivity contribution >= 4 is 44.1 Å². The number of aromatic nitrogens is 2. The van der Waals surface area contributed by atoms with Crippen LogP contribution in [0.3, 0.4) is 0 Å². The normalized spacial score (nSPS) is 25.4. The second-order valence-electron chi connectivity index (χ2n) is 5.47. The standard InChI is InChI=1S/C13H14Cl2N2O2S/c1-13(4-5-20(18,19)8-13)17-11-6-9(15)2-3-10(11)16-12(17)7-14/h2-3,6H,4-5,7-8H2,1H3. The molecule has 0 saturated carbocycles. The van der Waals surface area contributed by atoms with Crippen molar-refractivity contribution in [2.45, 2.75) is 24.8 Å². The van der Waals surface area contributed by atoms with Crippen molar-refractivity contribution < 1.29 is 8.42 Å². The number of hydrogen-bond acceptors (Lipinski definition) is 3. The molecule has 0 radical (unpaired) electrons. The quantitative estimate of drug-likeness (QED) is 0.794. The van der Waals surface area contributed by atoms with Crippen molar-refractivity contribution in [3.63, 3.8) is 0 Å². The SMILES string of the molecule is CC1(n2c(CCl)nc3ccc(Cl)cc32)CCS(=O)(=O)C1. The molecule has 1 atom stereocenters. The Kier molecular flexibility index (Phi) is 3.27. The fraction of sp³-hybridized carbons (Fsp3) is 0.462. The molecule has 2 heterocycles. The number of fused-ring (bicyclic) bond motifs is 1. The smallest absolute Gasteiger partial charge is 0.152 e. The Morgan fingerprint density at radius 2 is 2.20 bits per heavy atom. The highest BCUT2D eigenvalue weighted by molar-refractivity contribution is 7.91. The minimum absolute atomic E-state index is 0.113. The van der Waals surface area contributed by atoms with Crippen molar-refractivity contribution in [1.82, 2.24) is 9.55 Å². The van der Waals surface area contributed by atoms with Crippen molar-refractivity contribution in [1.29, 1.82) is 0 Å². The number of sulfone groups is 1. The van der Waals surface area contributed by atoms with Gasteiger partial charge in [-0.2, -0.15) is 0 Å². The number of alkyl halides is 1. The molecule has 1 aromatic carbocycles. The first-order valence-corrected chi connectivity index (χ1v) is 9.02. The Morgan fingerprint density at radius 1 is 1.45 bits per heavy atom. The summed E-state index contributed by atoms with van der Waals surface area (Å²) in [5.74, 6) is 1.23. The lowest BCUT2D eigenvalue weighted by Crippen LogP contribution is -2.32. The van der Waals surface area contributed by atoms with Crippen molar-refractivity contribution in [3.05, 3.63) is 29.0 Å². The molecule has 7 heteroatoms. The lowest BCUT2D eigenvalue weighted by Gasteiger charge is -2.27. The van der Waals surface area contributed by atoms with Gasteiger partial charge in [0.1, 0.15) is 5.82 Å². The molecule has 4 nitrogen and oxygen atoms in total. The van der Waals surface area contributed by atoms with Gasteiger partial charge < -0.3 is 4.57 Å². The van der Waals surface area contributed by atoms with Crippen LogP contribution < -0.4 is 0 Å². The highest BCUT2D eigenvalue weighted by atomic mass is 35.5. The summed E-state index contributed by atoms with van der Waals surface area (Å²) in [6.45, 7) is 1.94. The third kappa shape index (κ3) is 2.22. The zero-order valence-electron chi connectivity index (χ0n) is 10.9. The van der Waals surface area contributed by atoms with E-state index in [0.717, 1.165) is 11.0 Å². The lowest BCUT2D eigenvalue weighted by atomic mass is 10.0. The minimum atomic E-state index is -3.01. The van der Waals surface area contributed by atoms with Crippen LogP contribution in [0.5, 0.6) is 0 Å². The first-order valence-electron chi connectivity index (χ1n) is 6.28. The molecule has 20 heavy (non-hydrogen) atoms.